The van der Waals surface area contributed by atoms with Crippen molar-refractivity contribution in [2.75, 3.05) is 0 Å². The Labute approximate surface area is 109 Å². The fraction of sp³-hybridized carbons (Fsp3) is 0.133. The van der Waals surface area contributed by atoms with Gasteiger partial charge in [0, 0.05) is 6.42 Å². The lowest BCUT2D eigenvalue weighted by Crippen LogP contribution is -2.00. The van der Waals surface area contributed by atoms with Crippen molar-refractivity contribution in [2.45, 2.75) is 13.3 Å². The van der Waals surface area contributed by atoms with Crippen molar-refractivity contribution in [2.24, 2.45) is 0 Å². The minimum absolute atomic E-state index is 0.00196. The van der Waals surface area contributed by atoms with Gasteiger partial charge in [0.05, 0.1) is 5.56 Å². The molecule has 0 N–H and O–H groups in total. The van der Waals surface area contributed by atoms with Crippen molar-refractivity contribution >= 4 is 5.78 Å². The number of hydrogen-bond donors (Lipinski definition) is 0. The average molecular weight is 262 g/mol. The maximum atomic E-state index is 13.5. The molecular weight excluding hydrogens is 250 g/mol. The fourth-order valence-corrected chi connectivity index (χ4v) is 1.61. The summed E-state index contributed by atoms with van der Waals surface area (Å²) in [6.45, 7) is 1.66. The number of ketones is 1. The van der Waals surface area contributed by atoms with Gasteiger partial charge in [0.1, 0.15) is 23.1 Å². The summed E-state index contributed by atoms with van der Waals surface area (Å²) in [6.07, 6.45) is 0.219. The summed E-state index contributed by atoms with van der Waals surface area (Å²) in [5.74, 6) is -0.471. The molecule has 0 atom stereocenters. The van der Waals surface area contributed by atoms with Gasteiger partial charge in [0.2, 0.25) is 0 Å². The van der Waals surface area contributed by atoms with Crippen LogP contribution in [0.25, 0.3) is 0 Å². The first kappa shape index (κ1) is 13.2. The highest BCUT2D eigenvalue weighted by Crippen LogP contribution is 2.24. The molecule has 0 bridgehead atoms. The van der Waals surface area contributed by atoms with Gasteiger partial charge in [0.15, 0.2) is 5.78 Å². The third-order valence-electron chi connectivity index (χ3n) is 2.61. The summed E-state index contributed by atoms with van der Waals surface area (Å²) in [6, 6.07) is 9.39. The van der Waals surface area contributed by atoms with Crippen LogP contribution in [0.15, 0.2) is 42.5 Å². The van der Waals surface area contributed by atoms with Crippen LogP contribution in [0.4, 0.5) is 8.78 Å². The van der Waals surface area contributed by atoms with E-state index in [1.54, 1.807) is 6.92 Å². The first-order chi connectivity index (χ1) is 9.10. The van der Waals surface area contributed by atoms with Gasteiger partial charge in [-0.3, -0.25) is 4.79 Å². The van der Waals surface area contributed by atoms with Crippen molar-refractivity contribution in [1.29, 1.82) is 0 Å². The molecule has 0 aromatic heterocycles. The number of ether oxygens (including phenoxy) is 1. The molecule has 0 aliphatic heterocycles. The van der Waals surface area contributed by atoms with Gasteiger partial charge in [-0.05, 0) is 42.5 Å². The Balaban J connectivity index is 2.26. The number of benzene rings is 2. The van der Waals surface area contributed by atoms with E-state index in [9.17, 15) is 13.6 Å². The van der Waals surface area contributed by atoms with E-state index in [0.29, 0.717) is 11.5 Å². The van der Waals surface area contributed by atoms with Crippen LogP contribution >= 0.6 is 0 Å². The molecule has 0 amide bonds. The third-order valence-corrected chi connectivity index (χ3v) is 2.61. The number of carbonyl (C=O) groups excluding carboxylic acids is 1. The van der Waals surface area contributed by atoms with Crippen LogP contribution in [0.3, 0.4) is 0 Å². The van der Waals surface area contributed by atoms with Crippen molar-refractivity contribution in [1.82, 2.24) is 0 Å². The Kier molecular flexibility index (Phi) is 3.90. The third kappa shape index (κ3) is 3.16. The Morgan fingerprint density at radius 2 is 1.68 bits per heavy atom. The number of hydrogen-bond acceptors (Lipinski definition) is 2. The van der Waals surface area contributed by atoms with E-state index in [1.807, 2.05) is 0 Å². The van der Waals surface area contributed by atoms with Crippen LogP contribution < -0.4 is 4.74 Å². The minimum Gasteiger partial charge on any atom is -0.457 e. The molecule has 4 heteroatoms. The molecule has 0 unspecified atom stereocenters. The molecule has 0 saturated carbocycles. The second-order valence-electron chi connectivity index (χ2n) is 3.97. The number of rotatable bonds is 4. The molecule has 2 aromatic carbocycles. The summed E-state index contributed by atoms with van der Waals surface area (Å²) in [5.41, 5.74) is 0.00196. The minimum atomic E-state index is -0.571. The molecule has 98 valence electrons. The zero-order chi connectivity index (χ0) is 13.8. The largest absolute Gasteiger partial charge is 0.457 e. The van der Waals surface area contributed by atoms with Crippen LogP contribution in [0, 0.1) is 11.6 Å². The van der Waals surface area contributed by atoms with Gasteiger partial charge in [-0.1, -0.05) is 6.92 Å². The first-order valence-electron chi connectivity index (χ1n) is 5.86. The Morgan fingerprint density at radius 3 is 2.32 bits per heavy atom. The lowest BCUT2D eigenvalue weighted by atomic mass is 10.1. The maximum absolute atomic E-state index is 13.5. The SMILES string of the molecule is CCC(=O)c1cc(Oc2ccc(F)cc2)ccc1F. The maximum Gasteiger partial charge on any atom is 0.165 e. The van der Waals surface area contributed by atoms with Gasteiger partial charge in [-0.25, -0.2) is 8.78 Å². The van der Waals surface area contributed by atoms with Gasteiger partial charge >= 0.3 is 0 Å². The van der Waals surface area contributed by atoms with Crippen molar-refractivity contribution in [3.8, 4) is 11.5 Å². The normalized spacial score (nSPS) is 10.3. The highest BCUT2D eigenvalue weighted by atomic mass is 19.1. The highest BCUT2D eigenvalue weighted by Gasteiger charge is 2.11. The summed E-state index contributed by atoms with van der Waals surface area (Å²) < 4.78 is 31.7. The van der Waals surface area contributed by atoms with E-state index in [2.05, 4.69) is 0 Å². The molecule has 0 spiro atoms. The van der Waals surface area contributed by atoms with Gasteiger partial charge in [0.25, 0.3) is 0 Å². The van der Waals surface area contributed by atoms with Gasteiger partial charge < -0.3 is 4.74 Å². The predicted molar refractivity (Wildman–Crippen MR) is 67.5 cm³/mol. The smallest absolute Gasteiger partial charge is 0.165 e. The molecule has 0 heterocycles. The Morgan fingerprint density at radius 1 is 1.05 bits per heavy atom. The van der Waals surface area contributed by atoms with E-state index < -0.39 is 5.82 Å². The van der Waals surface area contributed by atoms with E-state index in [4.69, 9.17) is 4.74 Å². The predicted octanol–water partition coefficient (Wildman–Crippen LogP) is 4.35. The number of carbonyl (C=O) groups is 1. The van der Waals surface area contributed by atoms with Crippen LogP contribution in [0.2, 0.25) is 0 Å². The van der Waals surface area contributed by atoms with E-state index in [1.165, 1.54) is 42.5 Å². The number of Topliss-reactive ketones (excluding diaryl/α,β-unsaturated/α-hetero) is 1. The second kappa shape index (κ2) is 5.61. The van der Waals surface area contributed by atoms with Crippen LogP contribution in [-0.4, -0.2) is 5.78 Å². The number of halogens is 2. The summed E-state index contributed by atoms with van der Waals surface area (Å²) in [7, 11) is 0. The molecule has 2 aromatic rings. The molecule has 19 heavy (non-hydrogen) atoms. The summed E-state index contributed by atoms with van der Waals surface area (Å²) in [4.78, 5) is 11.5. The van der Waals surface area contributed by atoms with Crippen LogP contribution in [0.1, 0.15) is 23.7 Å². The van der Waals surface area contributed by atoms with Gasteiger partial charge in [-0.2, -0.15) is 0 Å². The molecule has 0 saturated heterocycles. The molecule has 0 aliphatic rings. The summed E-state index contributed by atoms with van der Waals surface area (Å²) >= 11 is 0. The molecule has 0 aliphatic carbocycles. The van der Waals surface area contributed by atoms with E-state index in [-0.39, 0.29) is 23.6 Å². The fourth-order valence-electron chi connectivity index (χ4n) is 1.61. The molecule has 2 rings (SSSR count). The van der Waals surface area contributed by atoms with E-state index >= 15 is 0 Å². The Bertz CT molecular complexity index is 592. The molecule has 0 radical (unpaired) electrons. The van der Waals surface area contributed by atoms with Gasteiger partial charge in [-0.15, -0.1) is 0 Å². The van der Waals surface area contributed by atoms with E-state index in [0.717, 1.165) is 0 Å². The quantitative estimate of drug-likeness (QED) is 0.766. The standard InChI is InChI=1S/C15H12F2O2/c1-2-15(18)13-9-12(7-8-14(13)17)19-11-5-3-10(16)4-6-11/h3-9H,2H2,1H3. The zero-order valence-corrected chi connectivity index (χ0v) is 10.3. The van der Waals surface area contributed by atoms with Crippen molar-refractivity contribution in [3.63, 3.8) is 0 Å². The molecule has 2 nitrogen and oxygen atoms in total. The summed E-state index contributed by atoms with van der Waals surface area (Å²) in [5, 5.41) is 0. The first-order valence-corrected chi connectivity index (χ1v) is 5.86. The van der Waals surface area contributed by atoms with Crippen molar-refractivity contribution in [3.05, 3.63) is 59.7 Å². The van der Waals surface area contributed by atoms with Crippen LogP contribution in [0.5, 0.6) is 11.5 Å². The average Bonchev–Trinajstić information content (AvgIpc) is 2.42. The molecular formula is C15H12F2O2. The lowest BCUT2D eigenvalue weighted by Gasteiger charge is -2.07. The van der Waals surface area contributed by atoms with Crippen molar-refractivity contribution < 1.29 is 18.3 Å². The van der Waals surface area contributed by atoms with Crippen LogP contribution in [-0.2, 0) is 0 Å². The lowest BCUT2D eigenvalue weighted by molar-refractivity contribution is 0.0984. The second-order valence-corrected chi connectivity index (χ2v) is 3.97. The Hall–Kier alpha value is -2.23. The zero-order valence-electron chi connectivity index (χ0n) is 10.3. The monoisotopic (exact) mass is 262 g/mol. The molecule has 0 fully saturated rings. The highest BCUT2D eigenvalue weighted by molar-refractivity contribution is 5.96. The topological polar surface area (TPSA) is 26.3 Å².